The summed E-state index contributed by atoms with van der Waals surface area (Å²) in [5.41, 5.74) is 1.55. The fraction of sp³-hybridized carbons (Fsp3) is 0.286. The zero-order valence-corrected chi connectivity index (χ0v) is 22.8. The number of likely N-dealkylation sites (N-methyl/N-ethyl adjacent to an activating group) is 1. The number of benzene rings is 2. The number of aromatic nitrogens is 3. The number of hydrogen-bond donors (Lipinski definition) is 0. The second-order valence-corrected chi connectivity index (χ2v) is 10.4. The zero-order chi connectivity index (χ0) is 26.6. The van der Waals surface area contributed by atoms with Crippen molar-refractivity contribution in [3.05, 3.63) is 110 Å². The number of hydrogen-bond acceptors (Lipinski definition) is 5. The Morgan fingerprint density at radius 2 is 1.78 bits per heavy atom. The summed E-state index contributed by atoms with van der Waals surface area (Å²) in [6.07, 6.45) is 2.09. The van der Waals surface area contributed by atoms with Gasteiger partial charge in [-0.05, 0) is 48.4 Å². The van der Waals surface area contributed by atoms with Crippen LogP contribution in [0.5, 0.6) is 0 Å². The van der Waals surface area contributed by atoms with Gasteiger partial charge in [-0.3, -0.25) is 14.2 Å². The predicted molar refractivity (Wildman–Crippen MR) is 148 cm³/mol. The second-order valence-electron chi connectivity index (χ2n) is 9.45. The molecule has 0 saturated carbocycles. The van der Waals surface area contributed by atoms with Crippen LogP contribution in [-0.4, -0.2) is 57.2 Å². The summed E-state index contributed by atoms with van der Waals surface area (Å²) in [5, 5.41) is 12.9. The van der Waals surface area contributed by atoms with Crippen molar-refractivity contribution in [2.45, 2.75) is 25.9 Å². The number of amides is 1. The first-order valence-electron chi connectivity index (χ1n) is 12.2. The molecule has 2 aromatic carbocycles. The molecule has 1 unspecified atom stereocenters. The van der Waals surface area contributed by atoms with Crippen molar-refractivity contribution in [3.8, 4) is 0 Å². The summed E-state index contributed by atoms with van der Waals surface area (Å²) in [6.45, 7) is 2.64. The number of rotatable bonds is 9. The van der Waals surface area contributed by atoms with Crippen molar-refractivity contribution in [1.29, 1.82) is 0 Å². The lowest BCUT2D eigenvalue weighted by Crippen LogP contribution is -2.45. The minimum absolute atomic E-state index is 0.188. The molecule has 0 N–H and O–H groups in total. The maximum atomic E-state index is 13.8. The number of quaternary nitrogens is 1. The summed E-state index contributed by atoms with van der Waals surface area (Å²) in [4.78, 5) is 38.4. The first kappa shape index (κ1) is 26.7. The molecule has 9 heteroatoms. The molecule has 2 aromatic heterocycles. The number of nitrogens with zero attached hydrogens (tertiary/aromatic N) is 5. The Balaban J connectivity index is 1.87. The lowest BCUT2D eigenvalue weighted by atomic mass is 10.1. The Morgan fingerprint density at radius 1 is 1.08 bits per heavy atom. The third-order valence-electron chi connectivity index (χ3n) is 6.24. The number of carbonyl (C=O) groups excluding carboxylic acids is 1. The van der Waals surface area contributed by atoms with Crippen LogP contribution in [0.4, 0.5) is 0 Å². The van der Waals surface area contributed by atoms with Crippen LogP contribution >= 0.6 is 15.9 Å². The summed E-state index contributed by atoms with van der Waals surface area (Å²) < 4.78 is 1.94. The summed E-state index contributed by atoms with van der Waals surface area (Å²) in [5.74, 6) is 0.221. The highest BCUT2D eigenvalue weighted by molar-refractivity contribution is 9.10. The topological polar surface area (TPSA) is 91.2 Å². The molecule has 0 saturated heterocycles. The van der Waals surface area contributed by atoms with Gasteiger partial charge in [0.15, 0.2) is 5.65 Å². The highest BCUT2D eigenvalue weighted by Gasteiger charge is 2.30. The zero-order valence-electron chi connectivity index (χ0n) is 21.2. The fourth-order valence-corrected chi connectivity index (χ4v) is 4.56. The van der Waals surface area contributed by atoms with Gasteiger partial charge in [-0.25, -0.2) is 9.97 Å². The van der Waals surface area contributed by atoms with Gasteiger partial charge in [0.25, 0.3) is 11.5 Å². The summed E-state index contributed by atoms with van der Waals surface area (Å²) in [6, 6.07) is 19.7. The molecule has 0 spiro atoms. The maximum absolute atomic E-state index is 13.8. The van der Waals surface area contributed by atoms with Crippen LogP contribution in [-0.2, 0) is 6.54 Å². The minimum atomic E-state index is -0.552. The molecule has 0 aliphatic rings. The average molecular weight is 564 g/mol. The molecule has 0 aliphatic heterocycles. The molecule has 4 rings (SSSR count). The third-order valence-corrected chi connectivity index (χ3v) is 6.76. The van der Waals surface area contributed by atoms with Gasteiger partial charge in [-0.15, -0.1) is 0 Å². The van der Waals surface area contributed by atoms with Crippen molar-refractivity contribution in [3.63, 3.8) is 0 Å². The van der Waals surface area contributed by atoms with E-state index in [9.17, 15) is 14.8 Å². The van der Waals surface area contributed by atoms with Crippen molar-refractivity contribution in [2.75, 3.05) is 27.2 Å². The van der Waals surface area contributed by atoms with Crippen LogP contribution in [0.15, 0.2) is 82.2 Å². The largest absolute Gasteiger partial charge is 0.633 e. The van der Waals surface area contributed by atoms with Crippen LogP contribution in [0.25, 0.3) is 11.0 Å². The molecular weight excluding hydrogens is 534 g/mol. The van der Waals surface area contributed by atoms with E-state index < -0.39 is 10.7 Å². The van der Waals surface area contributed by atoms with Gasteiger partial charge in [-0.1, -0.05) is 53.2 Å². The van der Waals surface area contributed by atoms with Crippen molar-refractivity contribution in [1.82, 2.24) is 19.4 Å². The van der Waals surface area contributed by atoms with E-state index in [2.05, 4.69) is 20.9 Å². The van der Waals surface area contributed by atoms with E-state index in [0.29, 0.717) is 35.4 Å². The van der Waals surface area contributed by atoms with E-state index in [0.717, 1.165) is 10.0 Å². The molecule has 37 heavy (non-hydrogen) atoms. The maximum Gasteiger partial charge on any atom is 0.263 e. The molecule has 1 amide bonds. The summed E-state index contributed by atoms with van der Waals surface area (Å²) >= 11 is 3.42. The lowest BCUT2D eigenvalue weighted by molar-refractivity contribution is -0.839. The molecular formula is C28H30BrN5O3. The molecule has 0 bridgehead atoms. The van der Waals surface area contributed by atoms with E-state index in [4.69, 9.17) is 4.98 Å². The van der Waals surface area contributed by atoms with Gasteiger partial charge >= 0.3 is 0 Å². The number of halogens is 1. The first-order chi connectivity index (χ1) is 17.7. The molecule has 0 radical (unpaired) electrons. The van der Waals surface area contributed by atoms with Crippen LogP contribution in [0.1, 0.15) is 41.1 Å². The molecule has 1 atom stereocenters. The average Bonchev–Trinajstić information content (AvgIpc) is 2.88. The Labute approximate surface area is 224 Å². The van der Waals surface area contributed by atoms with Crippen molar-refractivity contribution >= 4 is 32.9 Å². The SMILES string of the molecule is CCC(c1nc2ncccc2c(=O)n1Cc1ccccc1)N(CC[N+](C)(C)[O-])C(=O)c1ccc(Br)cc1. The quantitative estimate of drug-likeness (QED) is 0.216. The smallest absolute Gasteiger partial charge is 0.263 e. The molecule has 192 valence electrons. The molecule has 2 heterocycles. The van der Waals surface area contributed by atoms with E-state index in [1.54, 1.807) is 54.0 Å². The number of carbonyl (C=O) groups is 1. The Kier molecular flexibility index (Phi) is 8.16. The van der Waals surface area contributed by atoms with E-state index in [1.807, 2.05) is 49.4 Å². The third kappa shape index (κ3) is 6.30. The van der Waals surface area contributed by atoms with Crippen LogP contribution in [0, 0.1) is 5.21 Å². The number of pyridine rings is 1. The standard InChI is InChI=1S/C28H30BrN5O3/c1-4-24(32(17-18-34(2,3)37)27(35)21-12-14-22(29)15-13-21)26-31-25-23(11-8-16-30-25)28(36)33(26)19-20-9-6-5-7-10-20/h5-16,24H,4,17-19H2,1-3H3. The Hall–Kier alpha value is -3.40. The van der Waals surface area contributed by atoms with Crippen LogP contribution in [0.2, 0.25) is 0 Å². The normalized spacial score (nSPS) is 12.5. The van der Waals surface area contributed by atoms with Crippen LogP contribution in [0.3, 0.4) is 0 Å². The van der Waals surface area contributed by atoms with Gasteiger partial charge in [0.1, 0.15) is 5.82 Å². The Bertz CT molecular complexity index is 1430. The van der Waals surface area contributed by atoms with Crippen molar-refractivity contribution < 1.29 is 9.44 Å². The van der Waals surface area contributed by atoms with Gasteiger partial charge in [0.2, 0.25) is 0 Å². The monoisotopic (exact) mass is 563 g/mol. The molecule has 0 aliphatic carbocycles. The molecule has 8 nitrogen and oxygen atoms in total. The number of fused-ring (bicyclic) bond motifs is 1. The highest BCUT2D eigenvalue weighted by atomic mass is 79.9. The predicted octanol–water partition coefficient (Wildman–Crippen LogP) is 4.77. The lowest BCUT2D eigenvalue weighted by Gasteiger charge is -2.38. The van der Waals surface area contributed by atoms with Gasteiger partial charge in [0.05, 0.1) is 45.2 Å². The minimum Gasteiger partial charge on any atom is -0.633 e. The van der Waals surface area contributed by atoms with Crippen molar-refractivity contribution in [2.24, 2.45) is 0 Å². The van der Waals surface area contributed by atoms with Gasteiger partial charge < -0.3 is 14.8 Å². The highest BCUT2D eigenvalue weighted by Crippen LogP contribution is 2.26. The van der Waals surface area contributed by atoms with E-state index in [1.165, 1.54) is 0 Å². The number of hydroxylamine groups is 3. The van der Waals surface area contributed by atoms with E-state index >= 15 is 0 Å². The first-order valence-corrected chi connectivity index (χ1v) is 13.0. The molecule has 4 aromatic rings. The van der Waals surface area contributed by atoms with Crippen LogP contribution < -0.4 is 5.56 Å². The fourth-order valence-electron chi connectivity index (χ4n) is 4.29. The Morgan fingerprint density at radius 3 is 2.43 bits per heavy atom. The molecule has 0 fully saturated rings. The second kappa shape index (κ2) is 11.3. The van der Waals surface area contributed by atoms with E-state index in [-0.39, 0.29) is 24.6 Å². The summed E-state index contributed by atoms with van der Waals surface area (Å²) in [7, 11) is 3.10. The van der Waals surface area contributed by atoms with Gasteiger partial charge in [-0.2, -0.15) is 0 Å². The van der Waals surface area contributed by atoms with Gasteiger partial charge in [0, 0.05) is 16.2 Å².